The van der Waals surface area contributed by atoms with Crippen LogP contribution in [0.25, 0.3) is 76.5 Å². The van der Waals surface area contributed by atoms with Crippen LogP contribution in [0, 0.1) is 22.7 Å². The second-order valence-corrected chi connectivity index (χ2v) is 10.4. The van der Waals surface area contributed by atoms with Crippen LogP contribution in [0.4, 0.5) is 0 Å². The normalized spacial score (nSPS) is 11.4. The van der Waals surface area contributed by atoms with E-state index in [9.17, 15) is 10.5 Å². The monoisotopic (exact) mass is 520 g/mol. The molecule has 0 radical (unpaired) electrons. The van der Waals surface area contributed by atoms with Gasteiger partial charge in [-0.1, -0.05) is 78.9 Å². The predicted octanol–water partition coefficient (Wildman–Crippen LogP) is 10.1. The highest BCUT2D eigenvalue weighted by Crippen LogP contribution is 2.41. The molecule has 0 unspecified atom stereocenters. The first kappa shape index (κ1) is 23.0. The molecule has 0 spiro atoms. The lowest BCUT2D eigenvalue weighted by molar-refractivity contribution is 0.669. The molecule has 41 heavy (non-hydrogen) atoms. The minimum atomic E-state index is 0.459. The summed E-state index contributed by atoms with van der Waals surface area (Å²) in [7, 11) is 0. The van der Waals surface area contributed by atoms with Crippen LogP contribution in [-0.2, 0) is 0 Å². The smallest absolute Gasteiger partial charge is 0.136 e. The Morgan fingerprint density at radius 2 is 0.976 bits per heavy atom. The van der Waals surface area contributed by atoms with Crippen molar-refractivity contribution in [2.45, 2.75) is 0 Å². The van der Waals surface area contributed by atoms with Crippen LogP contribution in [0.3, 0.4) is 0 Å². The molecule has 0 saturated heterocycles. The van der Waals surface area contributed by atoms with Crippen molar-refractivity contribution in [1.82, 2.24) is 0 Å². The third kappa shape index (κ3) is 3.51. The first-order valence-corrected chi connectivity index (χ1v) is 13.5. The molecular formula is C38H20N2O. The first-order valence-electron chi connectivity index (χ1n) is 13.5. The number of nitriles is 2. The molecule has 188 valence electrons. The van der Waals surface area contributed by atoms with Crippen molar-refractivity contribution in [1.29, 1.82) is 10.5 Å². The van der Waals surface area contributed by atoms with Gasteiger partial charge in [0.2, 0.25) is 0 Å². The Kier molecular flexibility index (Phi) is 4.95. The van der Waals surface area contributed by atoms with Crippen LogP contribution < -0.4 is 0 Å². The Balaban J connectivity index is 1.38. The van der Waals surface area contributed by atoms with Crippen molar-refractivity contribution in [3.63, 3.8) is 0 Å². The SMILES string of the molecule is N#Cc1cc(C#N)cc(-c2cccc3oc4ccc(-c5ccc6c7ccccc7c7ccccc7c6c5)cc4c23)c1. The number of benzene rings is 7. The highest BCUT2D eigenvalue weighted by Gasteiger charge is 2.16. The highest BCUT2D eigenvalue weighted by atomic mass is 16.3. The molecular weight excluding hydrogens is 500 g/mol. The third-order valence-corrected chi connectivity index (χ3v) is 8.07. The van der Waals surface area contributed by atoms with Gasteiger partial charge in [-0.05, 0) is 97.0 Å². The molecule has 1 heterocycles. The number of fused-ring (bicyclic) bond motifs is 9. The van der Waals surface area contributed by atoms with E-state index in [4.69, 9.17) is 4.42 Å². The maximum atomic E-state index is 9.56. The van der Waals surface area contributed by atoms with Crippen molar-refractivity contribution in [3.05, 3.63) is 132 Å². The largest absolute Gasteiger partial charge is 0.456 e. The average molecular weight is 521 g/mol. The van der Waals surface area contributed by atoms with Gasteiger partial charge in [0.25, 0.3) is 0 Å². The van der Waals surface area contributed by atoms with Crippen molar-refractivity contribution in [2.24, 2.45) is 0 Å². The molecule has 7 aromatic carbocycles. The molecule has 8 rings (SSSR count). The van der Waals surface area contributed by atoms with Gasteiger partial charge in [-0.3, -0.25) is 0 Å². The van der Waals surface area contributed by atoms with Crippen LogP contribution in [0.15, 0.2) is 126 Å². The van der Waals surface area contributed by atoms with E-state index in [2.05, 4.69) is 91.0 Å². The van der Waals surface area contributed by atoms with Crippen LogP contribution in [0.5, 0.6) is 0 Å². The zero-order valence-corrected chi connectivity index (χ0v) is 21.8. The van der Waals surface area contributed by atoms with Crippen molar-refractivity contribution in [3.8, 4) is 34.4 Å². The number of nitrogens with zero attached hydrogens (tertiary/aromatic N) is 2. The Bertz CT molecular complexity index is 2380. The van der Waals surface area contributed by atoms with Crippen molar-refractivity contribution >= 4 is 54.3 Å². The fourth-order valence-electron chi connectivity index (χ4n) is 6.25. The maximum absolute atomic E-state index is 9.56. The van der Waals surface area contributed by atoms with Crippen molar-refractivity contribution < 1.29 is 4.42 Å². The van der Waals surface area contributed by atoms with Gasteiger partial charge in [0.15, 0.2) is 0 Å². The topological polar surface area (TPSA) is 60.7 Å². The van der Waals surface area contributed by atoms with Gasteiger partial charge in [0.1, 0.15) is 11.2 Å². The Morgan fingerprint density at radius 1 is 0.415 bits per heavy atom. The number of hydrogen-bond donors (Lipinski definition) is 0. The summed E-state index contributed by atoms with van der Waals surface area (Å²) in [6.07, 6.45) is 0. The lowest BCUT2D eigenvalue weighted by atomic mass is 9.91. The zero-order chi connectivity index (χ0) is 27.5. The number of furan rings is 1. The van der Waals surface area contributed by atoms with E-state index in [0.29, 0.717) is 11.1 Å². The van der Waals surface area contributed by atoms with Crippen LogP contribution in [0.1, 0.15) is 11.1 Å². The van der Waals surface area contributed by atoms with E-state index in [1.165, 1.54) is 32.3 Å². The maximum Gasteiger partial charge on any atom is 0.136 e. The minimum Gasteiger partial charge on any atom is -0.456 e. The molecule has 0 atom stereocenters. The average Bonchev–Trinajstić information content (AvgIpc) is 3.42. The van der Waals surface area contributed by atoms with Crippen LogP contribution in [-0.4, -0.2) is 0 Å². The molecule has 1 aromatic heterocycles. The summed E-state index contributed by atoms with van der Waals surface area (Å²) in [5, 5.41) is 28.6. The molecule has 3 heteroatoms. The van der Waals surface area contributed by atoms with E-state index in [1.54, 1.807) is 6.07 Å². The summed E-state index contributed by atoms with van der Waals surface area (Å²) in [4.78, 5) is 0. The fourth-order valence-corrected chi connectivity index (χ4v) is 6.25. The van der Waals surface area contributed by atoms with Crippen LogP contribution in [0.2, 0.25) is 0 Å². The van der Waals surface area contributed by atoms with Gasteiger partial charge >= 0.3 is 0 Å². The quantitative estimate of drug-likeness (QED) is 0.213. The fraction of sp³-hybridized carbons (Fsp3) is 0. The second-order valence-electron chi connectivity index (χ2n) is 10.4. The van der Waals surface area contributed by atoms with Gasteiger partial charge in [0, 0.05) is 10.8 Å². The summed E-state index contributed by atoms with van der Waals surface area (Å²) in [5.74, 6) is 0. The molecule has 3 nitrogen and oxygen atoms in total. The van der Waals surface area contributed by atoms with Crippen molar-refractivity contribution in [2.75, 3.05) is 0 Å². The summed E-state index contributed by atoms with van der Waals surface area (Å²) in [5.41, 5.74) is 6.46. The molecule has 0 amide bonds. The lowest BCUT2D eigenvalue weighted by Crippen LogP contribution is -1.86. The van der Waals surface area contributed by atoms with Gasteiger partial charge in [-0.15, -0.1) is 0 Å². The third-order valence-electron chi connectivity index (χ3n) is 8.07. The standard InChI is InChI=1S/C38H20N2O/c39-21-23-16-24(22-40)18-27(17-23)28-10-5-11-37-38(28)35-20-26(13-15-36(35)41-37)25-12-14-33-31-8-2-1-6-29(31)30-7-3-4-9-32(30)34(33)19-25/h1-20H. The van der Waals surface area contributed by atoms with Gasteiger partial charge < -0.3 is 4.42 Å². The predicted molar refractivity (Wildman–Crippen MR) is 167 cm³/mol. The summed E-state index contributed by atoms with van der Waals surface area (Å²) in [6.45, 7) is 0. The molecule has 0 saturated carbocycles. The number of rotatable bonds is 2. The summed E-state index contributed by atoms with van der Waals surface area (Å²) < 4.78 is 6.26. The Labute approximate surface area is 235 Å². The molecule has 0 N–H and O–H groups in total. The zero-order valence-electron chi connectivity index (χ0n) is 21.8. The summed E-state index contributed by atoms with van der Waals surface area (Å²) in [6, 6.07) is 45.9. The van der Waals surface area contributed by atoms with Gasteiger partial charge in [-0.25, -0.2) is 0 Å². The van der Waals surface area contributed by atoms with E-state index in [-0.39, 0.29) is 0 Å². The molecule has 0 aliphatic heterocycles. The number of hydrogen-bond acceptors (Lipinski definition) is 3. The molecule has 0 fully saturated rings. The van der Waals surface area contributed by atoms with E-state index >= 15 is 0 Å². The molecule has 0 aliphatic carbocycles. The Morgan fingerprint density at radius 3 is 1.61 bits per heavy atom. The lowest BCUT2D eigenvalue weighted by Gasteiger charge is -2.12. The first-order chi connectivity index (χ1) is 20.2. The minimum absolute atomic E-state index is 0.459. The van der Waals surface area contributed by atoms with E-state index in [1.807, 2.05) is 36.4 Å². The van der Waals surface area contributed by atoms with Crippen LogP contribution >= 0.6 is 0 Å². The van der Waals surface area contributed by atoms with E-state index < -0.39 is 0 Å². The van der Waals surface area contributed by atoms with Gasteiger partial charge in [0.05, 0.1) is 23.3 Å². The second kappa shape index (κ2) is 8.82. The molecule has 0 bridgehead atoms. The Hall–Kier alpha value is -5.90. The van der Waals surface area contributed by atoms with Gasteiger partial charge in [-0.2, -0.15) is 10.5 Å². The summed E-state index contributed by atoms with van der Waals surface area (Å²) >= 11 is 0. The molecule has 0 aliphatic rings. The van der Waals surface area contributed by atoms with E-state index in [0.717, 1.165) is 44.2 Å². The highest BCUT2D eigenvalue weighted by molar-refractivity contribution is 6.25. The molecule has 8 aromatic rings.